The van der Waals surface area contributed by atoms with E-state index in [4.69, 9.17) is 4.74 Å². The second-order valence-electron chi connectivity index (χ2n) is 5.14. The van der Waals surface area contributed by atoms with Crippen LogP contribution in [-0.4, -0.2) is 53.3 Å². The Morgan fingerprint density at radius 1 is 1.53 bits per heavy atom. The largest absolute Gasteiger partial charge is 0.368 e. The fourth-order valence-corrected chi connectivity index (χ4v) is 2.24. The number of hydrogen-bond donors (Lipinski definition) is 0. The van der Waals surface area contributed by atoms with Crippen LogP contribution >= 0.6 is 15.9 Å². The van der Waals surface area contributed by atoms with E-state index >= 15 is 0 Å². The molecule has 0 bridgehead atoms. The molecule has 0 atom stereocenters. The maximum atomic E-state index is 12.6. The van der Waals surface area contributed by atoms with Gasteiger partial charge in [-0.15, -0.1) is 0 Å². The van der Waals surface area contributed by atoms with Crippen molar-refractivity contribution in [3.05, 3.63) is 16.4 Å². The van der Waals surface area contributed by atoms with Gasteiger partial charge in [0.25, 0.3) is 0 Å². The molecule has 1 rings (SSSR count). The first kappa shape index (κ1) is 16.3. The van der Waals surface area contributed by atoms with Gasteiger partial charge in [0.05, 0.1) is 17.2 Å². The average Bonchev–Trinajstić information content (AvgIpc) is 2.66. The topological polar surface area (TPSA) is 47.4 Å². The number of carbonyl (C=O) groups excluding carboxylic acids is 1. The lowest BCUT2D eigenvalue weighted by Gasteiger charge is -2.23. The SMILES string of the molecule is CCOC(C)(C)C(=O)c1c(Br)cnn1CCN(C)C. The molecule has 0 aliphatic heterocycles. The van der Waals surface area contributed by atoms with Gasteiger partial charge in [-0.2, -0.15) is 5.10 Å². The monoisotopic (exact) mass is 331 g/mol. The first-order chi connectivity index (χ1) is 8.79. The third kappa shape index (κ3) is 4.12. The van der Waals surface area contributed by atoms with Crippen LogP contribution in [0.25, 0.3) is 0 Å². The number of nitrogens with zero attached hydrogens (tertiary/aromatic N) is 3. The minimum atomic E-state index is -0.840. The number of rotatable bonds is 7. The van der Waals surface area contributed by atoms with Crippen LogP contribution < -0.4 is 0 Å². The van der Waals surface area contributed by atoms with Gasteiger partial charge in [0.2, 0.25) is 5.78 Å². The van der Waals surface area contributed by atoms with Crippen molar-refractivity contribution in [1.82, 2.24) is 14.7 Å². The summed E-state index contributed by atoms with van der Waals surface area (Å²) < 4.78 is 7.97. The molecule has 0 fully saturated rings. The molecule has 0 unspecified atom stereocenters. The standard InChI is InChI=1S/C13H22BrN3O2/c1-6-19-13(2,3)12(18)11-10(14)9-15-17(11)8-7-16(4)5/h9H,6-8H2,1-5H3. The first-order valence-electron chi connectivity index (χ1n) is 6.34. The highest BCUT2D eigenvalue weighted by atomic mass is 79.9. The Labute approximate surface area is 123 Å². The van der Waals surface area contributed by atoms with Crippen LogP contribution in [0.5, 0.6) is 0 Å². The molecule has 0 saturated carbocycles. The third-order valence-electron chi connectivity index (χ3n) is 2.82. The van der Waals surface area contributed by atoms with Crippen molar-refractivity contribution in [1.29, 1.82) is 0 Å². The van der Waals surface area contributed by atoms with Crippen LogP contribution in [0, 0.1) is 0 Å². The first-order valence-corrected chi connectivity index (χ1v) is 7.13. The van der Waals surface area contributed by atoms with Crippen LogP contribution in [0.4, 0.5) is 0 Å². The molecule has 0 radical (unpaired) electrons. The number of likely N-dealkylation sites (N-methyl/N-ethyl adjacent to an activating group) is 1. The summed E-state index contributed by atoms with van der Waals surface area (Å²) in [5.74, 6) is -0.0579. The van der Waals surface area contributed by atoms with Crippen LogP contribution in [0.1, 0.15) is 31.3 Å². The van der Waals surface area contributed by atoms with Crippen molar-refractivity contribution in [3.8, 4) is 0 Å². The summed E-state index contributed by atoms with van der Waals surface area (Å²) in [5, 5.41) is 4.25. The van der Waals surface area contributed by atoms with Gasteiger partial charge in [0, 0.05) is 13.2 Å². The van der Waals surface area contributed by atoms with Crippen molar-refractivity contribution in [2.45, 2.75) is 32.9 Å². The second kappa shape index (κ2) is 6.63. The number of aromatic nitrogens is 2. The van der Waals surface area contributed by atoms with Crippen molar-refractivity contribution in [3.63, 3.8) is 0 Å². The van der Waals surface area contributed by atoms with Gasteiger partial charge in [0.15, 0.2) is 0 Å². The molecule has 0 amide bonds. The van der Waals surface area contributed by atoms with Gasteiger partial charge in [-0.1, -0.05) is 0 Å². The van der Waals surface area contributed by atoms with Gasteiger partial charge in [-0.3, -0.25) is 9.48 Å². The Morgan fingerprint density at radius 3 is 2.68 bits per heavy atom. The molecule has 5 nitrogen and oxygen atoms in total. The molecule has 0 N–H and O–H groups in total. The normalized spacial score (nSPS) is 12.2. The van der Waals surface area contributed by atoms with Crippen molar-refractivity contribution < 1.29 is 9.53 Å². The average molecular weight is 332 g/mol. The minimum absolute atomic E-state index is 0.0579. The molecule has 0 aliphatic carbocycles. The highest BCUT2D eigenvalue weighted by molar-refractivity contribution is 9.10. The van der Waals surface area contributed by atoms with E-state index in [-0.39, 0.29) is 5.78 Å². The molecule has 0 spiro atoms. The third-order valence-corrected chi connectivity index (χ3v) is 3.40. The molecule has 108 valence electrons. The minimum Gasteiger partial charge on any atom is -0.368 e. The predicted octanol–water partition coefficient (Wildman–Crippen LogP) is 2.21. The lowest BCUT2D eigenvalue weighted by Crippen LogP contribution is -2.37. The highest BCUT2D eigenvalue weighted by Crippen LogP contribution is 2.23. The Morgan fingerprint density at radius 2 is 2.16 bits per heavy atom. The fraction of sp³-hybridized carbons (Fsp3) is 0.692. The molecular weight excluding hydrogens is 310 g/mol. The van der Waals surface area contributed by atoms with Crippen molar-refractivity contribution >= 4 is 21.7 Å². The molecule has 19 heavy (non-hydrogen) atoms. The molecule has 1 heterocycles. The predicted molar refractivity (Wildman–Crippen MR) is 78.5 cm³/mol. The van der Waals surface area contributed by atoms with Gasteiger partial charge in [-0.05, 0) is 50.8 Å². The van der Waals surface area contributed by atoms with E-state index in [1.807, 2.05) is 21.0 Å². The molecule has 0 saturated heterocycles. The van der Waals surface area contributed by atoms with Gasteiger partial charge >= 0.3 is 0 Å². The summed E-state index contributed by atoms with van der Waals surface area (Å²) in [5.41, 5.74) is -0.270. The molecule has 6 heteroatoms. The molecule has 0 aliphatic rings. The number of halogens is 1. The van der Waals surface area contributed by atoms with E-state index < -0.39 is 5.60 Å². The van der Waals surface area contributed by atoms with Crippen LogP contribution in [0.15, 0.2) is 10.7 Å². The lowest BCUT2D eigenvalue weighted by atomic mass is 10.0. The summed E-state index contributed by atoms with van der Waals surface area (Å²) in [6.45, 7) is 7.45. The Hall–Kier alpha value is -0.720. The summed E-state index contributed by atoms with van der Waals surface area (Å²) in [6, 6.07) is 0. The summed E-state index contributed by atoms with van der Waals surface area (Å²) in [4.78, 5) is 14.6. The fourth-order valence-electron chi connectivity index (χ4n) is 1.76. The van der Waals surface area contributed by atoms with Crippen molar-refractivity contribution in [2.24, 2.45) is 0 Å². The molecular formula is C13H22BrN3O2. The molecule has 1 aromatic heterocycles. The van der Waals surface area contributed by atoms with E-state index in [9.17, 15) is 4.79 Å². The van der Waals surface area contributed by atoms with Gasteiger partial charge < -0.3 is 9.64 Å². The second-order valence-corrected chi connectivity index (χ2v) is 5.99. The number of Topliss-reactive ketones (excluding diaryl/α,β-unsaturated/α-hetero) is 1. The maximum absolute atomic E-state index is 12.6. The van der Waals surface area contributed by atoms with Crippen molar-refractivity contribution in [2.75, 3.05) is 27.2 Å². The summed E-state index contributed by atoms with van der Waals surface area (Å²) >= 11 is 3.40. The summed E-state index contributed by atoms with van der Waals surface area (Å²) in [6.07, 6.45) is 1.66. The number of ketones is 1. The highest BCUT2D eigenvalue weighted by Gasteiger charge is 2.33. The van der Waals surface area contributed by atoms with E-state index in [1.165, 1.54) is 0 Å². The van der Waals surface area contributed by atoms with E-state index in [2.05, 4.69) is 25.9 Å². The zero-order valence-corrected chi connectivity index (χ0v) is 13.8. The summed E-state index contributed by atoms with van der Waals surface area (Å²) in [7, 11) is 3.98. The lowest BCUT2D eigenvalue weighted by molar-refractivity contribution is 0.000368. The Bertz CT molecular complexity index is 441. The van der Waals surface area contributed by atoms with E-state index in [0.717, 1.165) is 6.54 Å². The van der Waals surface area contributed by atoms with Crippen LogP contribution in [-0.2, 0) is 11.3 Å². The smallest absolute Gasteiger partial charge is 0.213 e. The Kier molecular flexibility index (Phi) is 5.70. The Balaban J connectivity index is 2.99. The van der Waals surface area contributed by atoms with E-state index in [1.54, 1.807) is 24.7 Å². The maximum Gasteiger partial charge on any atom is 0.213 e. The molecule has 1 aromatic rings. The quantitative estimate of drug-likeness (QED) is 0.718. The zero-order valence-electron chi connectivity index (χ0n) is 12.2. The zero-order chi connectivity index (χ0) is 14.6. The van der Waals surface area contributed by atoms with Crippen LogP contribution in [0.3, 0.4) is 0 Å². The number of carbonyl (C=O) groups is 1. The number of hydrogen-bond acceptors (Lipinski definition) is 4. The van der Waals surface area contributed by atoms with E-state index in [0.29, 0.717) is 23.3 Å². The van der Waals surface area contributed by atoms with Crippen LogP contribution in [0.2, 0.25) is 0 Å². The van der Waals surface area contributed by atoms with Gasteiger partial charge in [0.1, 0.15) is 11.3 Å². The molecule has 0 aromatic carbocycles. The van der Waals surface area contributed by atoms with Gasteiger partial charge in [-0.25, -0.2) is 0 Å². The number of ether oxygens (including phenoxy) is 1.